The van der Waals surface area contributed by atoms with Crippen LogP contribution in [0, 0.1) is 0 Å². The van der Waals surface area contributed by atoms with E-state index in [4.69, 9.17) is 0 Å². The fourth-order valence-electron chi connectivity index (χ4n) is 3.48. The lowest BCUT2D eigenvalue weighted by Crippen LogP contribution is -2.54. The molecule has 0 aliphatic carbocycles. The van der Waals surface area contributed by atoms with Gasteiger partial charge in [-0.1, -0.05) is 31.0 Å². The third-order valence-electron chi connectivity index (χ3n) is 4.97. The van der Waals surface area contributed by atoms with Crippen molar-refractivity contribution < 1.29 is 13.2 Å². The Bertz CT molecular complexity index is 680. The first-order valence-corrected chi connectivity index (χ1v) is 10.8. The van der Waals surface area contributed by atoms with Gasteiger partial charge in [-0.3, -0.25) is 9.69 Å². The molecule has 8 heteroatoms. The number of piperazine rings is 1. The maximum absolute atomic E-state index is 12.8. The molecule has 0 saturated carbocycles. The van der Waals surface area contributed by atoms with E-state index < -0.39 is 10.2 Å². The summed E-state index contributed by atoms with van der Waals surface area (Å²) in [4.78, 5) is 14.2. The standard InChI is InChI=1S/C18H28N4O3S/c23-18(19-17-8-4-3-5-9-17)16-20-12-14-22(15-13-20)26(24,25)21-10-6-1-2-7-11-21/h3-5,8-9H,1-2,6-7,10-16H2,(H,19,23). The van der Waals surface area contributed by atoms with Crippen LogP contribution in [0.1, 0.15) is 25.7 Å². The average Bonchev–Trinajstić information content (AvgIpc) is 2.93. The quantitative estimate of drug-likeness (QED) is 0.837. The number of amides is 1. The molecule has 2 aliphatic rings. The highest BCUT2D eigenvalue weighted by Gasteiger charge is 2.32. The highest BCUT2D eigenvalue weighted by molar-refractivity contribution is 7.86. The molecule has 0 spiro atoms. The van der Waals surface area contributed by atoms with Crippen molar-refractivity contribution in [2.45, 2.75) is 25.7 Å². The van der Waals surface area contributed by atoms with Gasteiger partial charge in [-0.15, -0.1) is 0 Å². The molecule has 3 rings (SSSR count). The molecule has 0 atom stereocenters. The van der Waals surface area contributed by atoms with E-state index in [0.717, 1.165) is 31.4 Å². The third-order valence-corrected chi connectivity index (χ3v) is 7.01. The summed E-state index contributed by atoms with van der Waals surface area (Å²) in [5, 5.41) is 2.87. The van der Waals surface area contributed by atoms with Crippen LogP contribution in [0.25, 0.3) is 0 Å². The first-order chi connectivity index (χ1) is 12.6. The fraction of sp³-hybridized carbons (Fsp3) is 0.611. The first-order valence-electron chi connectivity index (χ1n) is 9.38. The van der Waals surface area contributed by atoms with Crippen molar-refractivity contribution in [1.82, 2.24) is 13.5 Å². The summed E-state index contributed by atoms with van der Waals surface area (Å²) in [5.41, 5.74) is 0.778. The zero-order chi connectivity index (χ0) is 18.4. The molecule has 26 heavy (non-hydrogen) atoms. The van der Waals surface area contributed by atoms with Crippen LogP contribution >= 0.6 is 0 Å². The molecule has 0 unspecified atom stereocenters. The fourth-order valence-corrected chi connectivity index (χ4v) is 5.15. The number of nitrogens with zero attached hydrogens (tertiary/aromatic N) is 3. The van der Waals surface area contributed by atoms with Crippen LogP contribution in [0.2, 0.25) is 0 Å². The van der Waals surface area contributed by atoms with Crippen LogP contribution in [0.4, 0.5) is 5.69 Å². The highest BCUT2D eigenvalue weighted by atomic mass is 32.2. The van der Waals surface area contributed by atoms with Gasteiger partial charge in [0.25, 0.3) is 10.2 Å². The Hall–Kier alpha value is -1.48. The molecule has 2 heterocycles. The molecular weight excluding hydrogens is 352 g/mol. The molecule has 0 radical (unpaired) electrons. The Kier molecular flexibility index (Phi) is 6.63. The zero-order valence-corrected chi connectivity index (χ0v) is 16.0. The summed E-state index contributed by atoms with van der Waals surface area (Å²) in [7, 11) is -3.37. The van der Waals surface area contributed by atoms with Crippen LogP contribution in [0.5, 0.6) is 0 Å². The van der Waals surface area contributed by atoms with Gasteiger partial charge in [-0.25, -0.2) is 0 Å². The monoisotopic (exact) mass is 380 g/mol. The van der Waals surface area contributed by atoms with Crippen LogP contribution < -0.4 is 5.32 Å². The Balaban J connectivity index is 1.48. The lowest BCUT2D eigenvalue weighted by molar-refractivity contribution is -0.117. The second kappa shape index (κ2) is 8.94. The Morgan fingerprint density at radius 2 is 1.42 bits per heavy atom. The molecule has 7 nitrogen and oxygen atoms in total. The second-order valence-corrected chi connectivity index (χ2v) is 8.84. The van der Waals surface area contributed by atoms with E-state index in [1.165, 1.54) is 0 Å². The van der Waals surface area contributed by atoms with E-state index in [1.807, 2.05) is 35.2 Å². The van der Waals surface area contributed by atoms with Crippen LogP contribution in [-0.4, -0.2) is 73.6 Å². The molecular formula is C18H28N4O3S. The minimum atomic E-state index is -3.37. The van der Waals surface area contributed by atoms with E-state index in [0.29, 0.717) is 39.3 Å². The maximum atomic E-state index is 12.8. The van der Waals surface area contributed by atoms with Crippen molar-refractivity contribution in [2.24, 2.45) is 0 Å². The van der Waals surface area contributed by atoms with E-state index in [2.05, 4.69) is 5.32 Å². The molecule has 1 N–H and O–H groups in total. The van der Waals surface area contributed by atoms with Gasteiger partial charge in [-0.2, -0.15) is 17.0 Å². The molecule has 0 aromatic heterocycles. The minimum Gasteiger partial charge on any atom is -0.325 e. The van der Waals surface area contributed by atoms with Crippen molar-refractivity contribution in [3.8, 4) is 0 Å². The Morgan fingerprint density at radius 3 is 2.04 bits per heavy atom. The topological polar surface area (TPSA) is 73.0 Å². The number of anilines is 1. The van der Waals surface area contributed by atoms with Crippen LogP contribution in [-0.2, 0) is 15.0 Å². The predicted molar refractivity (Wildman–Crippen MR) is 102 cm³/mol. The molecule has 2 aliphatic heterocycles. The van der Waals surface area contributed by atoms with Crippen molar-refractivity contribution >= 4 is 21.8 Å². The molecule has 2 saturated heterocycles. The molecule has 1 amide bonds. The second-order valence-electron chi connectivity index (χ2n) is 6.91. The van der Waals surface area contributed by atoms with Gasteiger partial charge < -0.3 is 5.32 Å². The molecule has 1 aromatic rings. The van der Waals surface area contributed by atoms with Gasteiger partial charge in [0, 0.05) is 45.0 Å². The minimum absolute atomic E-state index is 0.0694. The van der Waals surface area contributed by atoms with E-state index in [-0.39, 0.29) is 12.5 Å². The number of nitrogens with one attached hydrogen (secondary N) is 1. The molecule has 1 aromatic carbocycles. The van der Waals surface area contributed by atoms with Gasteiger partial charge in [0.2, 0.25) is 5.91 Å². The normalized spacial score (nSPS) is 21.2. The molecule has 0 bridgehead atoms. The predicted octanol–water partition coefficient (Wildman–Crippen LogP) is 1.36. The van der Waals surface area contributed by atoms with Gasteiger partial charge in [0.1, 0.15) is 0 Å². The van der Waals surface area contributed by atoms with Gasteiger partial charge in [0.15, 0.2) is 0 Å². The summed E-state index contributed by atoms with van der Waals surface area (Å²) < 4.78 is 28.8. The number of carbonyl (C=O) groups is 1. The molecule has 2 fully saturated rings. The third kappa shape index (κ3) is 5.03. The summed E-state index contributed by atoms with van der Waals surface area (Å²) in [5.74, 6) is -0.0694. The van der Waals surface area contributed by atoms with Crippen molar-refractivity contribution in [3.05, 3.63) is 30.3 Å². The number of para-hydroxylation sites is 1. The van der Waals surface area contributed by atoms with Gasteiger partial charge >= 0.3 is 0 Å². The van der Waals surface area contributed by atoms with Crippen molar-refractivity contribution in [1.29, 1.82) is 0 Å². The van der Waals surface area contributed by atoms with Crippen molar-refractivity contribution in [2.75, 3.05) is 51.1 Å². The number of rotatable bonds is 5. The van der Waals surface area contributed by atoms with Gasteiger partial charge in [-0.05, 0) is 25.0 Å². The largest absolute Gasteiger partial charge is 0.325 e. The smallest absolute Gasteiger partial charge is 0.282 e. The number of hydrogen-bond acceptors (Lipinski definition) is 4. The summed E-state index contributed by atoms with van der Waals surface area (Å²) in [6.45, 7) is 3.58. The number of carbonyl (C=O) groups excluding carboxylic acids is 1. The Labute approximate surface area is 156 Å². The molecule has 144 valence electrons. The lowest BCUT2D eigenvalue weighted by atomic mass is 10.2. The number of benzene rings is 1. The zero-order valence-electron chi connectivity index (χ0n) is 15.1. The van der Waals surface area contributed by atoms with Crippen LogP contribution in [0.15, 0.2) is 30.3 Å². The Morgan fingerprint density at radius 1 is 0.846 bits per heavy atom. The number of hydrogen-bond donors (Lipinski definition) is 1. The highest BCUT2D eigenvalue weighted by Crippen LogP contribution is 2.18. The summed E-state index contributed by atoms with van der Waals surface area (Å²) in [6, 6.07) is 9.36. The SMILES string of the molecule is O=C(CN1CCN(S(=O)(=O)N2CCCCCC2)CC1)Nc1ccccc1. The van der Waals surface area contributed by atoms with E-state index in [9.17, 15) is 13.2 Å². The van der Waals surface area contributed by atoms with Gasteiger partial charge in [0.05, 0.1) is 6.54 Å². The van der Waals surface area contributed by atoms with Crippen LogP contribution in [0.3, 0.4) is 0 Å². The van der Waals surface area contributed by atoms with Crippen molar-refractivity contribution in [3.63, 3.8) is 0 Å². The van der Waals surface area contributed by atoms with E-state index in [1.54, 1.807) is 8.61 Å². The summed E-state index contributed by atoms with van der Waals surface area (Å²) in [6.07, 6.45) is 4.10. The first kappa shape index (κ1) is 19.3. The summed E-state index contributed by atoms with van der Waals surface area (Å²) >= 11 is 0. The van der Waals surface area contributed by atoms with E-state index >= 15 is 0 Å². The average molecular weight is 381 g/mol. The maximum Gasteiger partial charge on any atom is 0.282 e. The lowest BCUT2D eigenvalue weighted by Gasteiger charge is -2.36.